The number of carboxylic acid groups (broad SMARTS) is 1. The predicted octanol–water partition coefficient (Wildman–Crippen LogP) is -3.22. The summed E-state index contributed by atoms with van der Waals surface area (Å²) in [7, 11) is -10.8. The molecule has 0 saturated carbocycles. The SMILES string of the molecule is Nc1ccc2c(-c3cc(C(=O)NCCCCCN4C(=O)C=CC4=O)ccc3C(=O)O)c3ccc(=[NH2+])c(S(=O)(=O)[O-])c-3oc2c1S(=O)(=O)[O-].[Na+]. The van der Waals surface area contributed by atoms with Crippen molar-refractivity contribution in [1.29, 1.82) is 0 Å². The number of carboxylic acids is 1. The third-order valence-corrected chi connectivity index (χ3v) is 9.40. The van der Waals surface area contributed by atoms with Crippen LogP contribution in [-0.2, 0) is 29.8 Å². The largest absolute Gasteiger partial charge is 1.00 e. The maximum absolute atomic E-state index is 13.2. The van der Waals surface area contributed by atoms with E-state index in [9.17, 15) is 50.2 Å². The summed E-state index contributed by atoms with van der Waals surface area (Å²) in [6.07, 6.45) is 3.87. The molecule has 0 unspecified atom stereocenters. The number of nitrogen functional groups attached to an aromatic ring is 1. The van der Waals surface area contributed by atoms with Crippen molar-refractivity contribution in [2.75, 3.05) is 18.8 Å². The molecule has 2 aromatic carbocycles. The molecule has 16 nitrogen and oxygen atoms in total. The molecule has 0 bridgehead atoms. The van der Waals surface area contributed by atoms with E-state index in [1.54, 1.807) is 0 Å². The second-order valence-electron chi connectivity index (χ2n) is 10.7. The minimum absolute atomic E-state index is 0. The third-order valence-electron chi connectivity index (χ3n) is 7.55. The number of imide groups is 1. The first-order chi connectivity index (χ1) is 22.5. The first kappa shape index (κ1) is 37.4. The minimum atomic E-state index is -5.41. The maximum Gasteiger partial charge on any atom is 1.00 e. The predicted molar refractivity (Wildman–Crippen MR) is 163 cm³/mol. The third kappa shape index (κ3) is 7.44. The number of benzene rings is 3. The van der Waals surface area contributed by atoms with Crippen LogP contribution in [0.3, 0.4) is 0 Å². The molecule has 19 heteroatoms. The van der Waals surface area contributed by atoms with E-state index in [2.05, 4.69) is 5.32 Å². The van der Waals surface area contributed by atoms with Gasteiger partial charge in [-0.3, -0.25) is 24.7 Å². The monoisotopic (exact) mass is 720 g/mol. The topological polar surface area (TPSA) is 283 Å². The number of nitrogens with one attached hydrogen (secondary N) is 1. The van der Waals surface area contributed by atoms with Crippen molar-refractivity contribution in [3.05, 3.63) is 71.1 Å². The van der Waals surface area contributed by atoms with Crippen LogP contribution in [0.15, 0.2) is 68.8 Å². The van der Waals surface area contributed by atoms with E-state index in [1.165, 1.54) is 30.4 Å². The van der Waals surface area contributed by atoms with Crippen molar-refractivity contribution in [3.63, 3.8) is 0 Å². The van der Waals surface area contributed by atoms with Crippen LogP contribution in [0.5, 0.6) is 0 Å². The van der Waals surface area contributed by atoms with Crippen LogP contribution >= 0.6 is 0 Å². The van der Waals surface area contributed by atoms with Crippen LogP contribution in [-0.4, -0.2) is 72.7 Å². The number of anilines is 1. The van der Waals surface area contributed by atoms with E-state index in [-0.39, 0.29) is 70.3 Å². The van der Waals surface area contributed by atoms with Gasteiger partial charge in [-0.05, 0) is 61.2 Å². The quantitative estimate of drug-likeness (QED) is 0.0297. The fourth-order valence-electron chi connectivity index (χ4n) is 5.41. The fourth-order valence-corrected chi connectivity index (χ4v) is 6.88. The van der Waals surface area contributed by atoms with Crippen LogP contribution in [0.4, 0.5) is 5.69 Å². The Morgan fingerprint density at radius 3 is 2.16 bits per heavy atom. The van der Waals surface area contributed by atoms with Gasteiger partial charge in [-0.15, -0.1) is 0 Å². The van der Waals surface area contributed by atoms with Gasteiger partial charge in [-0.1, -0.05) is 0 Å². The van der Waals surface area contributed by atoms with E-state index in [4.69, 9.17) is 15.6 Å². The Morgan fingerprint density at radius 2 is 1.55 bits per heavy atom. The summed E-state index contributed by atoms with van der Waals surface area (Å²) in [5.74, 6) is -3.71. The number of fused-ring (bicyclic) bond motifs is 2. The van der Waals surface area contributed by atoms with E-state index in [0.717, 1.165) is 29.2 Å². The molecule has 0 fully saturated rings. The minimum Gasteiger partial charge on any atom is -0.744 e. The number of carbonyl (C=O) groups is 4. The van der Waals surface area contributed by atoms with Crippen molar-refractivity contribution in [1.82, 2.24) is 10.2 Å². The van der Waals surface area contributed by atoms with Crippen LogP contribution in [0, 0.1) is 0 Å². The second-order valence-corrected chi connectivity index (χ2v) is 13.3. The molecule has 1 aliphatic carbocycles. The molecule has 2 aromatic rings. The van der Waals surface area contributed by atoms with Crippen molar-refractivity contribution >= 4 is 60.6 Å². The van der Waals surface area contributed by atoms with E-state index in [0.29, 0.717) is 19.3 Å². The molecular formula is C30H25N4NaO12S2. The maximum atomic E-state index is 13.2. The van der Waals surface area contributed by atoms with Crippen LogP contribution < -0.4 is 51.4 Å². The Morgan fingerprint density at radius 1 is 0.898 bits per heavy atom. The van der Waals surface area contributed by atoms with Gasteiger partial charge < -0.3 is 29.7 Å². The van der Waals surface area contributed by atoms with Crippen LogP contribution in [0.25, 0.3) is 33.4 Å². The van der Waals surface area contributed by atoms with Gasteiger partial charge >= 0.3 is 35.5 Å². The number of aromatic carboxylic acids is 1. The molecule has 0 spiro atoms. The smallest absolute Gasteiger partial charge is 0.744 e. The summed E-state index contributed by atoms with van der Waals surface area (Å²) in [5.41, 5.74) is 3.32. The molecule has 2 heterocycles. The number of unbranched alkanes of at least 4 members (excludes halogenated alkanes) is 2. The Kier molecular flexibility index (Phi) is 10.8. The summed E-state index contributed by atoms with van der Waals surface area (Å²) in [4.78, 5) is 47.8. The van der Waals surface area contributed by atoms with Gasteiger partial charge in [0.25, 0.3) is 17.7 Å². The molecule has 2 aliphatic heterocycles. The van der Waals surface area contributed by atoms with Gasteiger partial charge in [-0.2, -0.15) is 0 Å². The number of amides is 3. The van der Waals surface area contributed by atoms with Crippen molar-refractivity contribution < 1.29 is 89.6 Å². The molecule has 0 radical (unpaired) electrons. The molecule has 49 heavy (non-hydrogen) atoms. The van der Waals surface area contributed by atoms with Crippen LogP contribution in [0.2, 0.25) is 0 Å². The van der Waals surface area contributed by atoms with Gasteiger partial charge in [0, 0.05) is 53.4 Å². The Labute approximate surface area is 300 Å². The van der Waals surface area contributed by atoms with Gasteiger partial charge in [0.05, 0.1) is 11.3 Å². The number of hydrogen-bond acceptors (Lipinski definition) is 12. The van der Waals surface area contributed by atoms with Crippen molar-refractivity contribution in [3.8, 4) is 22.5 Å². The zero-order valence-electron chi connectivity index (χ0n) is 25.6. The van der Waals surface area contributed by atoms with Gasteiger partial charge in [0.1, 0.15) is 25.1 Å². The van der Waals surface area contributed by atoms with Crippen molar-refractivity contribution in [2.24, 2.45) is 0 Å². The summed E-state index contributed by atoms with van der Waals surface area (Å²) in [6, 6.07) is 7.97. The van der Waals surface area contributed by atoms with Gasteiger partial charge in [-0.25, -0.2) is 21.6 Å². The molecule has 0 saturated heterocycles. The Balaban J connectivity index is 0.00000541. The van der Waals surface area contributed by atoms with Gasteiger partial charge in [0.2, 0.25) is 5.36 Å². The Hall–Kier alpha value is -4.43. The summed E-state index contributed by atoms with van der Waals surface area (Å²) >= 11 is 0. The number of nitrogens with zero attached hydrogens (tertiary/aromatic N) is 1. The molecule has 3 aliphatic rings. The van der Waals surface area contributed by atoms with E-state index >= 15 is 0 Å². The number of hydrogen-bond donors (Lipinski definition) is 4. The van der Waals surface area contributed by atoms with E-state index in [1.807, 2.05) is 0 Å². The first-order valence-corrected chi connectivity index (χ1v) is 16.8. The molecule has 0 aromatic heterocycles. The normalized spacial score (nSPS) is 13.2. The van der Waals surface area contributed by atoms with Crippen LogP contribution in [0.1, 0.15) is 40.0 Å². The second kappa shape index (κ2) is 14.2. The summed E-state index contributed by atoms with van der Waals surface area (Å²) in [6.45, 7) is 0.380. The number of rotatable bonds is 11. The molecule has 6 N–H and O–H groups in total. The molecule has 5 rings (SSSR count). The fraction of sp³-hybridized carbons (Fsp3) is 0.167. The first-order valence-electron chi connectivity index (χ1n) is 14.0. The number of nitrogens with two attached hydrogens (primary N) is 2. The summed E-state index contributed by atoms with van der Waals surface area (Å²) < 4.78 is 79.4. The zero-order valence-corrected chi connectivity index (χ0v) is 29.2. The average Bonchev–Trinajstić information content (AvgIpc) is 3.31. The molecule has 3 amide bonds. The number of carbonyl (C=O) groups excluding carboxylic acids is 3. The standard InChI is InChI=1S/C30H26N4O12S2.Na/c31-20-8-6-17-24(18-7-9-21(32)28(48(43,44)45)26(18)46-25(17)27(20)47(40,41)42)19-14-15(4-5-16(19)30(38)39)29(37)33-12-2-1-3-13-34-22(35)10-11-23(34)36;/h4-11,14,31H,1-3,12-13,32H2,(H,33,37)(H,38,39)(H,40,41,42)(H,43,44,45);/q;+1/p-1. The average molecular weight is 721 g/mol. The van der Waals surface area contributed by atoms with Crippen molar-refractivity contribution in [2.45, 2.75) is 29.1 Å². The zero-order chi connectivity index (χ0) is 35.1. The summed E-state index contributed by atoms with van der Waals surface area (Å²) in [5, 5.41) is 17.8. The molecule has 250 valence electrons. The molecular weight excluding hydrogens is 695 g/mol. The van der Waals surface area contributed by atoms with E-state index < -0.39 is 81.7 Å². The molecule has 0 atom stereocenters. The Bertz CT molecular complexity index is 2320. The van der Waals surface area contributed by atoms with Gasteiger partial charge in [0.15, 0.2) is 16.2 Å².